The Morgan fingerprint density at radius 1 is 1.14 bits per heavy atom. The zero-order chi connectivity index (χ0) is 21.6. The molecule has 0 fully saturated rings. The van der Waals surface area contributed by atoms with E-state index in [0.717, 1.165) is 0 Å². The minimum atomic E-state index is -0.823. The van der Waals surface area contributed by atoms with E-state index in [0.29, 0.717) is 16.3 Å². The summed E-state index contributed by atoms with van der Waals surface area (Å²) in [6.07, 6.45) is 0. The van der Waals surface area contributed by atoms with Gasteiger partial charge in [-0.05, 0) is 45.9 Å². The molecular weight excluding hydrogens is 395 g/mol. The molecule has 1 atom stereocenters. The third-order valence-electron chi connectivity index (χ3n) is 4.15. The standard InChI is InChI=1S/C22H26ClFN2O3/c1-15(21(28)25-22(2,3)4)26(13-16-9-5-7-11-18(16)24)20(27)14-29-19-12-8-6-10-17(19)23/h5-12,15H,13-14H2,1-4H3,(H,25,28)/t15-/m0/s1. The fourth-order valence-electron chi connectivity index (χ4n) is 2.65. The number of hydrogen-bond acceptors (Lipinski definition) is 3. The van der Waals surface area contributed by atoms with Crippen LogP contribution >= 0.6 is 11.6 Å². The summed E-state index contributed by atoms with van der Waals surface area (Å²) in [5, 5.41) is 3.22. The molecule has 0 saturated heterocycles. The number of ether oxygens (including phenoxy) is 1. The van der Waals surface area contributed by atoms with Gasteiger partial charge in [0.2, 0.25) is 5.91 Å². The van der Waals surface area contributed by atoms with Gasteiger partial charge in [-0.15, -0.1) is 0 Å². The number of nitrogens with zero attached hydrogens (tertiary/aromatic N) is 1. The second kappa shape index (κ2) is 9.74. The molecule has 7 heteroatoms. The van der Waals surface area contributed by atoms with Crippen LogP contribution in [0.2, 0.25) is 5.02 Å². The molecule has 0 heterocycles. The predicted molar refractivity (Wildman–Crippen MR) is 111 cm³/mol. The van der Waals surface area contributed by atoms with Gasteiger partial charge >= 0.3 is 0 Å². The molecular formula is C22H26ClFN2O3. The molecule has 156 valence electrons. The Morgan fingerprint density at radius 3 is 2.38 bits per heavy atom. The number of hydrogen-bond donors (Lipinski definition) is 1. The summed E-state index contributed by atoms with van der Waals surface area (Å²) in [4.78, 5) is 26.9. The van der Waals surface area contributed by atoms with Gasteiger partial charge in [0, 0.05) is 17.6 Å². The van der Waals surface area contributed by atoms with E-state index in [-0.39, 0.29) is 19.1 Å². The van der Waals surface area contributed by atoms with Gasteiger partial charge in [0.1, 0.15) is 17.6 Å². The zero-order valence-corrected chi connectivity index (χ0v) is 17.8. The van der Waals surface area contributed by atoms with Crippen LogP contribution in [0, 0.1) is 5.82 Å². The SMILES string of the molecule is C[C@@H](C(=O)NC(C)(C)C)N(Cc1ccccc1F)C(=O)COc1ccccc1Cl. The number of carbonyl (C=O) groups is 2. The van der Waals surface area contributed by atoms with E-state index >= 15 is 0 Å². The normalized spacial score (nSPS) is 12.2. The van der Waals surface area contributed by atoms with E-state index in [2.05, 4.69) is 5.32 Å². The summed E-state index contributed by atoms with van der Waals surface area (Å²) >= 11 is 6.06. The maximum Gasteiger partial charge on any atom is 0.261 e. The highest BCUT2D eigenvalue weighted by molar-refractivity contribution is 6.32. The summed E-state index contributed by atoms with van der Waals surface area (Å²) in [7, 11) is 0. The Bertz CT molecular complexity index is 867. The highest BCUT2D eigenvalue weighted by atomic mass is 35.5. The molecule has 29 heavy (non-hydrogen) atoms. The number of nitrogens with one attached hydrogen (secondary N) is 1. The maximum atomic E-state index is 14.2. The van der Waals surface area contributed by atoms with Crippen LogP contribution in [-0.2, 0) is 16.1 Å². The molecule has 0 saturated carbocycles. The van der Waals surface area contributed by atoms with Crippen molar-refractivity contribution in [3.63, 3.8) is 0 Å². The number of halogens is 2. The van der Waals surface area contributed by atoms with Crippen LogP contribution in [0.5, 0.6) is 5.75 Å². The van der Waals surface area contributed by atoms with Crippen molar-refractivity contribution in [2.75, 3.05) is 6.61 Å². The molecule has 2 aromatic carbocycles. The van der Waals surface area contributed by atoms with Crippen LogP contribution in [0.4, 0.5) is 4.39 Å². The van der Waals surface area contributed by atoms with Gasteiger partial charge in [0.05, 0.1) is 5.02 Å². The van der Waals surface area contributed by atoms with E-state index in [4.69, 9.17) is 16.3 Å². The quantitative estimate of drug-likeness (QED) is 0.730. The Balaban J connectivity index is 2.20. The molecule has 1 N–H and O–H groups in total. The summed E-state index contributed by atoms with van der Waals surface area (Å²) in [5.41, 5.74) is -0.152. The molecule has 5 nitrogen and oxygen atoms in total. The molecule has 2 rings (SSSR count). The zero-order valence-electron chi connectivity index (χ0n) is 17.0. The van der Waals surface area contributed by atoms with Crippen LogP contribution in [0.1, 0.15) is 33.3 Å². The monoisotopic (exact) mass is 420 g/mol. The van der Waals surface area contributed by atoms with Gasteiger partial charge < -0.3 is 15.0 Å². The predicted octanol–water partition coefficient (Wildman–Crippen LogP) is 4.19. The number of carbonyl (C=O) groups excluding carboxylic acids is 2. The molecule has 2 aromatic rings. The smallest absolute Gasteiger partial charge is 0.261 e. The van der Waals surface area contributed by atoms with Crippen LogP contribution < -0.4 is 10.1 Å². The van der Waals surface area contributed by atoms with Crippen LogP contribution in [0.25, 0.3) is 0 Å². The van der Waals surface area contributed by atoms with Gasteiger partial charge in [-0.3, -0.25) is 9.59 Å². The number of para-hydroxylation sites is 1. The topological polar surface area (TPSA) is 58.6 Å². The van der Waals surface area contributed by atoms with Crippen molar-refractivity contribution in [3.8, 4) is 5.75 Å². The minimum absolute atomic E-state index is 0.0594. The highest BCUT2D eigenvalue weighted by Gasteiger charge is 2.29. The van der Waals surface area contributed by atoms with Crippen molar-refractivity contribution < 1.29 is 18.7 Å². The molecule has 0 radical (unpaired) electrons. The summed E-state index contributed by atoms with van der Waals surface area (Å²) in [6, 6.07) is 12.1. The third-order valence-corrected chi connectivity index (χ3v) is 4.46. The summed E-state index contributed by atoms with van der Waals surface area (Å²) in [5.74, 6) is -0.870. The Morgan fingerprint density at radius 2 is 1.76 bits per heavy atom. The third kappa shape index (κ3) is 6.75. The number of rotatable bonds is 7. The van der Waals surface area contributed by atoms with Crippen molar-refractivity contribution in [3.05, 3.63) is 64.9 Å². The molecule has 2 amide bonds. The lowest BCUT2D eigenvalue weighted by molar-refractivity contribution is -0.142. The average molecular weight is 421 g/mol. The van der Waals surface area contributed by atoms with Crippen molar-refractivity contribution in [2.45, 2.75) is 45.8 Å². The van der Waals surface area contributed by atoms with Gasteiger partial charge in [-0.1, -0.05) is 41.9 Å². The molecule has 0 unspecified atom stereocenters. The van der Waals surface area contributed by atoms with Gasteiger partial charge in [0.15, 0.2) is 6.61 Å². The number of benzene rings is 2. The molecule has 0 aliphatic heterocycles. The second-order valence-electron chi connectivity index (χ2n) is 7.75. The van der Waals surface area contributed by atoms with Crippen LogP contribution in [-0.4, -0.2) is 34.9 Å². The molecule has 0 aliphatic carbocycles. The Hall–Kier alpha value is -2.60. The summed E-state index contributed by atoms with van der Waals surface area (Å²) < 4.78 is 19.7. The highest BCUT2D eigenvalue weighted by Crippen LogP contribution is 2.23. The first-order chi connectivity index (χ1) is 13.6. The first-order valence-corrected chi connectivity index (χ1v) is 9.68. The largest absolute Gasteiger partial charge is 0.482 e. The average Bonchev–Trinajstić information content (AvgIpc) is 2.64. The fraction of sp³-hybridized carbons (Fsp3) is 0.364. The van der Waals surface area contributed by atoms with E-state index in [9.17, 15) is 14.0 Å². The Kier molecular flexibility index (Phi) is 7.62. The first-order valence-electron chi connectivity index (χ1n) is 9.30. The molecule has 0 bridgehead atoms. The van der Waals surface area contributed by atoms with E-state index < -0.39 is 23.3 Å². The van der Waals surface area contributed by atoms with Crippen LogP contribution in [0.15, 0.2) is 48.5 Å². The van der Waals surface area contributed by atoms with Gasteiger partial charge in [-0.2, -0.15) is 0 Å². The van der Waals surface area contributed by atoms with E-state index in [1.807, 2.05) is 20.8 Å². The maximum absolute atomic E-state index is 14.2. The van der Waals surface area contributed by atoms with Crippen molar-refractivity contribution in [1.29, 1.82) is 0 Å². The first kappa shape index (κ1) is 22.7. The van der Waals surface area contributed by atoms with Gasteiger partial charge in [0.25, 0.3) is 5.91 Å². The lowest BCUT2D eigenvalue weighted by Gasteiger charge is -2.31. The summed E-state index contributed by atoms with van der Waals surface area (Å²) in [6.45, 7) is 6.76. The van der Waals surface area contributed by atoms with Crippen LogP contribution in [0.3, 0.4) is 0 Å². The lowest BCUT2D eigenvalue weighted by atomic mass is 10.1. The van der Waals surface area contributed by atoms with E-state index in [1.165, 1.54) is 11.0 Å². The van der Waals surface area contributed by atoms with Crippen molar-refractivity contribution in [1.82, 2.24) is 10.2 Å². The van der Waals surface area contributed by atoms with Crippen molar-refractivity contribution >= 4 is 23.4 Å². The Labute approximate surface area is 175 Å². The molecule has 0 aliphatic rings. The molecule has 0 aromatic heterocycles. The lowest BCUT2D eigenvalue weighted by Crippen LogP contribution is -2.53. The van der Waals surface area contributed by atoms with Crippen molar-refractivity contribution in [2.24, 2.45) is 0 Å². The number of amides is 2. The fourth-order valence-corrected chi connectivity index (χ4v) is 2.84. The van der Waals surface area contributed by atoms with E-state index in [1.54, 1.807) is 49.4 Å². The minimum Gasteiger partial charge on any atom is -0.482 e. The second-order valence-corrected chi connectivity index (χ2v) is 8.15. The van der Waals surface area contributed by atoms with Gasteiger partial charge in [-0.25, -0.2) is 4.39 Å². The molecule has 0 spiro atoms.